The van der Waals surface area contributed by atoms with E-state index >= 15 is 0 Å². The first-order valence-corrected chi connectivity index (χ1v) is 13.8. The van der Waals surface area contributed by atoms with Gasteiger partial charge in [-0.3, -0.25) is 4.79 Å². The molecule has 3 rings (SSSR count). The summed E-state index contributed by atoms with van der Waals surface area (Å²) >= 11 is 0. The van der Waals surface area contributed by atoms with Gasteiger partial charge >= 0.3 is 0 Å². The highest BCUT2D eigenvalue weighted by molar-refractivity contribution is 7.89. The van der Waals surface area contributed by atoms with Gasteiger partial charge in [-0.2, -0.15) is 4.31 Å². The van der Waals surface area contributed by atoms with Gasteiger partial charge in [0.2, 0.25) is 15.9 Å². The van der Waals surface area contributed by atoms with E-state index in [0.29, 0.717) is 24.7 Å². The van der Waals surface area contributed by atoms with Crippen LogP contribution in [0.2, 0.25) is 0 Å². The highest BCUT2D eigenvalue weighted by atomic mass is 32.2. The van der Waals surface area contributed by atoms with Gasteiger partial charge in [-0.15, -0.1) is 0 Å². The molecule has 1 aromatic carbocycles. The average Bonchev–Trinajstić information content (AvgIpc) is 2.67. The summed E-state index contributed by atoms with van der Waals surface area (Å²) in [5.41, 5.74) is 0. The molecule has 162 valence electrons. The van der Waals surface area contributed by atoms with Gasteiger partial charge in [0.15, 0.2) is 0 Å². The minimum atomic E-state index is -3.79. The summed E-state index contributed by atoms with van der Waals surface area (Å²) in [5.74, 6) is -3.49. The molecule has 2 aliphatic heterocycles. The lowest BCUT2D eigenvalue weighted by Crippen LogP contribution is -2.49. The van der Waals surface area contributed by atoms with Crippen LogP contribution >= 0.6 is 7.14 Å². The fourth-order valence-electron chi connectivity index (χ4n) is 3.80. The zero-order valence-electron chi connectivity index (χ0n) is 16.7. The number of nitrogens with zero attached hydrogens (tertiary/aromatic N) is 2. The lowest BCUT2D eigenvalue weighted by atomic mass is 9.96. The number of carbonyl (C=O) groups is 1. The molecule has 0 unspecified atom stereocenters. The molecule has 10 heteroatoms. The number of sulfonamides is 1. The molecule has 29 heavy (non-hydrogen) atoms. The fraction of sp³-hybridized carbons (Fsp3) is 0.632. The smallest absolute Gasteiger partial charge is 0.251 e. The van der Waals surface area contributed by atoms with Crippen LogP contribution in [0.4, 0.5) is 8.78 Å². The molecule has 0 bridgehead atoms. The first-order chi connectivity index (χ1) is 13.4. The molecule has 6 nitrogen and oxygen atoms in total. The Morgan fingerprint density at radius 3 is 2.24 bits per heavy atom. The van der Waals surface area contributed by atoms with E-state index in [9.17, 15) is 26.6 Å². The molecule has 2 fully saturated rings. The van der Waals surface area contributed by atoms with E-state index in [1.807, 2.05) is 0 Å². The van der Waals surface area contributed by atoms with Crippen molar-refractivity contribution in [3.8, 4) is 0 Å². The van der Waals surface area contributed by atoms with Crippen molar-refractivity contribution in [2.24, 2.45) is 5.92 Å². The first kappa shape index (κ1) is 22.4. The van der Waals surface area contributed by atoms with Crippen molar-refractivity contribution >= 4 is 28.4 Å². The van der Waals surface area contributed by atoms with Gasteiger partial charge in [0, 0.05) is 44.3 Å². The van der Waals surface area contributed by atoms with Crippen LogP contribution in [0.3, 0.4) is 0 Å². The number of piperidine rings is 2. The van der Waals surface area contributed by atoms with Gasteiger partial charge in [0.05, 0.1) is 10.8 Å². The molecule has 0 spiro atoms. The van der Waals surface area contributed by atoms with Crippen LogP contribution in [0.5, 0.6) is 0 Å². The predicted molar refractivity (Wildman–Crippen MR) is 108 cm³/mol. The number of alkyl halides is 2. The summed E-state index contributed by atoms with van der Waals surface area (Å²) in [4.78, 5) is 14.3. The van der Waals surface area contributed by atoms with E-state index < -0.39 is 29.0 Å². The van der Waals surface area contributed by atoms with Crippen molar-refractivity contribution in [1.82, 2.24) is 9.21 Å². The Balaban J connectivity index is 1.71. The van der Waals surface area contributed by atoms with E-state index in [0.717, 1.165) is 0 Å². The van der Waals surface area contributed by atoms with Crippen LogP contribution in [0, 0.1) is 5.92 Å². The molecule has 0 N–H and O–H groups in total. The van der Waals surface area contributed by atoms with E-state index in [4.69, 9.17) is 0 Å². The fourth-order valence-corrected chi connectivity index (χ4v) is 6.19. The molecule has 0 saturated carbocycles. The number of rotatable bonds is 4. The molecule has 1 aromatic rings. The summed E-state index contributed by atoms with van der Waals surface area (Å²) in [6.45, 7) is 3.61. The number of likely N-dealkylation sites (tertiary alicyclic amines) is 1. The molecular weight excluding hydrogens is 421 g/mol. The van der Waals surface area contributed by atoms with Crippen LogP contribution in [-0.4, -0.2) is 69.0 Å². The second-order valence-electron chi connectivity index (χ2n) is 8.23. The van der Waals surface area contributed by atoms with Crippen molar-refractivity contribution in [2.75, 3.05) is 39.5 Å². The normalized spacial score (nSPS) is 23.7. The lowest BCUT2D eigenvalue weighted by Gasteiger charge is -2.37. The van der Waals surface area contributed by atoms with Crippen LogP contribution in [0.25, 0.3) is 0 Å². The molecule has 2 aliphatic rings. The number of benzene rings is 1. The van der Waals surface area contributed by atoms with Gasteiger partial charge in [-0.25, -0.2) is 17.2 Å². The van der Waals surface area contributed by atoms with Gasteiger partial charge < -0.3 is 9.46 Å². The van der Waals surface area contributed by atoms with E-state index in [1.54, 1.807) is 25.5 Å². The van der Waals surface area contributed by atoms with E-state index in [-0.39, 0.29) is 43.3 Å². The van der Waals surface area contributed by atoms with Gasteiger partial charge in [-0.05, 0) is 38.3 Å². The van der Waals surface area contributed by atoms with Gasteiger partial charge in [0.1, 0.15) is 7.14 Å². The van der Waals surface area contributed by atoms with Crippen LogP contribution in [-0.2, 0) is 19.4 Å². The number of amides is 1. The SMILES string of the molecule is CP(C)(=O)c1ccc(S(=O)(=O)N2CCC[C@@H](C(=O)N3CCC(F)(F)CC3)C2)cc1. The second-order valence-corrected chi connectivity index (χ2v) is 13.4. The molecule has 2 heterocycles. The number of carbonyl (C=O) groups excluding carboxylic acids is 1. The topological polar surface area (TPSA) is 74.8 Å². The Hall–Kier alpha value is -1.31. The Bertz CT molecular complexity index is 905. The maximum Gasteiger partial charge on any atom is 0.251 e. The van der Waals surface area contributed by atoms with E-state index in [1.165, 1.54) is 21.3 Å². The molecular formula is C19H27F2N2O4PS. The first-order valence-electron chi connectivity index (χ1n) is 9.72. The van der Waals surface area contributed by atoms with Crippen molar-refractivity contribution in [3.63, 3.8) is 0 Å². The Kier molecular flexibility index (Phi) is 6.23. The zero-order chi connectivity index (χ0) is 21.4. The predicted octanol–water partition coefficient (Wildman–Crippen LogP) is 2.59. The molecule has 1 amide bonds. The highest BCUT2D eigenvalue weighted by Gasteiger charge is 2.39. The lowest BCUT2D eigenvalue weighted by molar-refractivity contribution is -0.142. The number of hydrogen-bond acceptors (Lipinski definition) is 4. The monoisotopic (exact) mass is 448 g/mol. The second kappa shape index (κ2) is 8.08. The third-order valence-corrected chi connectivity index (χ3v) is 9.06. The maximum atomic E-state index is 13.3. The van der Waals surface area contributed by atoms with Crippen molar-refractivity contribution in [2.45, 2.75) is 36.5 Å². The average molecular weight is 448 g/mol. The van der Waals surface area contributed by atoms with Crippen LogP contribution in [0.15, 0.2) is 29.2 Å². The summed E-state index contributed by atoms with van der Waals surface area (Å²) in [7, 11) is -6.27. The minimum Gasteiger partial charge on any atom is -0.342 e. The quantitative estimate of drug-likeness (QED) is 0.664. The van der Waals surface area contributed by atoms with E-state index in [2.05, 4.69) is 0 Å². The minimum absolute atomic E-state index is 0.00460. The molecule has 0 radical (unpaired) electrons. The summed E-state index contributed by atoms with van der Waals surface area (Å²) < 4.78 is 66.2. The maximum absolute atomic E-state index is 13.3. The summed E-state index contributed by atoms with van der Waals surface area (Å²) in [6.07, 6.45) is 0.388. The number of hydrogen-bond donors (Lipinski definition) is 0. The highest BCUT2D eigenvalue weighted by Crippen LogP contribution is 2.35. The summed E-state index contributed by atoms with van der Waals surface area (Å²) in [6, 6.07) is 6.02. The molecule has 1 atom stereocenters. The molecule has 0 aromatic heterocycles. The molecule has 2 saturated heterocycles. The summed E-state index contributed by atoms with van der Waals surface area (Å²) in [5, 5.41) is 0.602. The Morgan fingerprint density at radius 1 is 1.10 bits per heavy atom. The van der Waals surface area contributed by atoms with Crippen LogP contribution in [0.1, 0.15) is 25.7 Å². The Labute approximate surface area is 170 Å². The van der Waals surface area contributed by atoms with Crippen molar-refractivity contribution < 1.29 is 26.6 Å². The third-order valence-electron chi connectivity index (χ3n) is 5.64. The largest absolute Gasteiger partial charge is 0.342 e. The van der Waals surface area contributed by atoms with Crippen LogP contribution < -0.4 is 5.30 Å². The van der Waals surface area contributed by atoms with Crippen molar-refractivity contribution in [1.29, 1.82) is 0 Å². The van der Waals surface area contributed by atoms with Crippen molar-refractivity contribution in [3.05, 3.63) is 24.3 Å². The van der Waals surface area contributed by atoms with Gasteiger partial charge in [0.25, 0.3) is 5.92 Å². The third kappa shape index (κ3) is 5.06. The Morgan fingerprint density at radius 2 is 1.69 bits per heavy atom. The number of halogens is 2. The zero-order valence-corrected chi connectivity index (χ0v) is 18.4. The molecule has 0 aliphatic carbocycles. The standard InChI is InChI=1S/C19H27F2N2O4PS/c1-28(2,25)16-5-7-17(8-6-16)29(26,27)23-11-3-4-15(14-23)18(24)22-12-9-19(20,21)10-13-22/h5-8,15H,3-4,9-14H2,1-2H3/t15-/m1/s1. The van der Waals surface area contributed by atoms with Gasteiger partial charge in [-0.1, -0.05) is 12.1 Å².